The largest absolute Gasteiger partial charge is 0.361 e. The zero-order valence-electron chi connectivity index (χ0n) is 14.1. The average molecular weight is 390 g/mol. The lowest BCUT2D eigenvalue weighted by Crippen LogP contribution is -2.36. The highest BCUT2D eigenvalue weighted by molar-refractivity contribution is 7.89. The number of fused-ring (bicyclic) bond motifs is 1. The Morgan fingerprint density at radius 2 is 1.92 bits per heavy atom. The second-order valence-corrected chi connectivity index (χ2v) is 9.10. The molecule has 0 atom stereocenters. The number of piperidine rings is 1. The number of anilines is 1. The van der Waals surface area contributed by atoms with Gasteiger partial charge >= 0.3 is 0 Å². The van der Waals surface area contributed by atoms with E-state index in [0.29, 0.717) is 18.8 Å². The van der Waals surface area contributed by atoms with Gasteiger partial charge in [0.2, 0.25) is 10.0 Å². The summed E-state index contributed by atoms with van der Waals surface area (Å²) in [7, 11) is -3.64. The third-order valence-corrected chi connectivity index (χ3v) is 7.59. The Morgan fingerprint density at radius 1 is 1.12 bits per heavy atom. The summed E-state index contributed by atoms with van der Waals surface area (Å²) in [6.45, 7) is 1.03. The van der Waals surface area contributed by atoms with Gasteiger partial charge in [-0.25, -0.2) is 8.42 Å². The molecule has 4 rings (SSSR count). The monoisotopic (exact) mass is 389 g/mol. The second-order valence-electron chi connectivity index (χ2n) is 6.28. The number of aromatic nitrogens is 1. The number of carbonyl (C=O) groups is 1. The minimum Gasteiger partial charge on any atom is -0.361 e. The van der Waals surface area contributed by atoms with Crippen LogP contribution in [0.5, 0.6) is 0 Å². The van der Waals surface area contributed by atoms with E-state index < -0.39 is 15.9 Å². The van der Waals surface area contributed by atoms with E-state index in [9.17, 15) is 13.2 Å². The summed E-state index contributed by atoms with van der Waals surface area (Å²) in [5.74, 6) is -0.399. The van der Waals surface area contributed by atoms with Crippen LogP contribution in [0.2, 0.25) is 0 Å². The molecule has 0 aliphatic carbocycles. The van der Waals surface area contributed by atoms with Crippen molar-refractivity contribution in [3.05, 3.63) is 46.8 Å². The van der Waals surface area contributed by atoms with Crippen molar-refractivity contribution in [1.82, 2.24) is 9.29 Å². The van der Waals surface area contributed by atoms with E-state index in [-0.39, 0.29) is 9.77 Å². The number of aromatic amines is 1. The van der Waals surface area contributed by atoms with Gasteiger partial charge in [0, 0.05) is 30.2 Å². The maximum absolute atomic E-state index is 12.9. The first kappa shape index (κ1) is 17.3. The first-order valence-corrected chi connectivity index (χ1v) is 10.8. The summed E-state index contributed by atoms with van der Waals surface area (Å²) >= 11 is 1.15. The SMILES string of the molecule is O=C(Nc1cccc2[nH]ccc12)c1sccc1S(=O)(=O)N1CCCCC1. The number of sulfonamides is 1. The first-order valence-electron chi connectivity index (χ1n) is 8.52. The van der Waals surface area contributed by atoms with Gasteiger partial charge in [-0.1, -0.05) is 12.5 Å². The zero-order valence-corrected chi connectivity index (χ0v) is 15.7. The molecule has 1 fully saturated rings. The highest BCUT2D eigenvalue weighted by Crippen LogP contribution is 2.29. The number of carbonyl (C=O) groups excluding carboxylic acids is 1. The molecule has 1 saturated heterocycles. The molecule has 1 amide bonds. The third kappa shape index (κ3) is 3.04. The average Bonchev–Trinajstić information content (AvgIpc) is 3.32. The summed E-state index contributed by atoms with van der Waals surface area (Å²) in [6.07, 6.45) is 4.57. The molecule has 8 heteroatoms. The number of nitrogens with zero attached hydrogens (tertiary/aromatic N) is 1. The van der Waals surface area contributed by atoms with Crippen LogP contribution in [0.15, 0.2) is 46.8 Å². The summed E-state index contributed by atoms with van der Waals surface area (Å²) < 4.78 is 27.4. The van der Waals surface area contributed by atoms with Gasteiger partial charge in [-0.2, -0.15) is 4.31 Å². The number of amides is 1. The Balaban J connectivity index is 1.64. The lowest BCUT2D eigenvalue weighted by atomic mass is 10.2. The van der Waals surface area contributed by atoms with Crippen LogP contribution in [0.4, 0.5) is 5.69 Å². The molecule has 2 aromatic heterocycles. The summed E-state index contributed by atoms with van der Waals surface area (Å²) in [4.78, 5) is 16.2. The minimum absolute atomic E-state index is 0.100. The van der Waals surface area contributed by atoms with E-state index in [4.69, 9.17) is 0 Å². The van der Waals surface area contributed by atoms with Crippen LogP contribution < -0.4 is 5.32 Å². The molecule has 26 heavy (non-hydrogen) atoms. The Bertz CT molecular complexity index is 1050. The second kappa shape index (κ2) is 6.86. The summed E-state index contributed by atoms with van der Waals surface area (Å²) in [6, 6.07) is 8.97. The van der Waals surface area contributed by atoms with Gasteiger partial charge in [-0.15, -0.1) is 11.3 Å². The zero-order chi connectivity index (χ0) is 18.1. The van der Waals surface area contributed by atoms with E-state index >= 15 is 0 Å². The number of benzene rings is 1. The van der Waals surface area contributed by atoms with Gasteiger partial charge in [-0.05, 0) is 42.5 Å². The van der Waals surface area contributed by atoms with Crippen molar-refractivity contribution in [2.24, 2.45) is 0 Å². The topological polar surface area (TPSA) is 82.3 Å². The molecule has 1 aromatic carbocycles. The van der Waals surface area contributed by atoms with Crippen molar-refractivity contribution in [2.45, 2.75) is 24.2 Å². The van der Waals surface area contributed by atoms with Gasteiger partial charge in [0.15, 0.2) is 0 Å². The Hall–Kier alpha value is -2.16. The molecular weight excluding hydrogens is 370 g/mol. The molecule has 0 spiro atoms. The predicted octanol–water partition coefficient (Wildman–Crippen LogP) is 3.66. The molecule has 0 bridgehead atoms. The molecule has 0 saturated carbocycles. The van der Waals surface area contributed by atoms with E-state index in [1.54, 1.807) is 17.6 Å². The summed E-state index contributed by atoms with van der Waals surface area (Å²) in [5, 5.41) is 5.40. The van der Waals surface area contributed by atoms with E-state index in [1.807, 2.05) is 18.2 Å². The van der Waals surface area contributed by atoms with Crippen molar-refractivity contribution in [3.8, 4) is 0 Å². The number of thiophene rings is 1. The molecule has 0 radical (unpaired) electrons. The molecule has 1 aliphatic heterocycles. The predicted molar refractivity (Wildman–Crippen MR) is 103 cm³/mol. The summed E-state index contributed by atoms with van der Waals surface area (Å²) in [5.41, 5.74) is 1.57. The maximum atomic E-state index is 12.9. The molecule has 3 heterocycles. The molecule has 1 aliphatic rings. The van der Waals surface area contributed by atoms with Crippen molar-refractivity contribution in [2.75, 3.05) is 18.4 Å². The molecule has 2 N–H and O–H groups in total. The van der Waals surface area contributed by atoms with Gasteiger partial charge in [-0.3, -0.25) is 4.79 Å². The standard InChI is InChI=1S/C18H19N3O3S2/c22-18(20-15-6-4-5-14-13(15)7-9-19-14)17-16(8-12-25-17)26(23,24)21-10-2-1-3-11-21/h4-9,12,19H,1-3,10-11H2,(H,20,22). The van der Waals surface area contributed by atoms with E-state index in [1.165, 1.54) is 10.4 Å². The Morgan fingerprint density at radius 3 is 2.73 bits per heavy atom. The van der Waals surface area contributed by atoms with Crippen LogP contribution in [-0.4, -0.2) is 36.7 Å². The molecular formula is C18H19N3O3S2. The van der Waals surface area contributed by atoms with Crippen molar-refractivity contribution in [3.63, 3.8) is 0 Å². The number of H-pyrrole nitrogens is 1. The maximum Gasteiger partial charge on any atom is 0.267 e. The number of nitrogens with one attached hydrogen (secondary N) is 2. The highest BCUT2D eigenvalue weighted by Gasteiger charge is 2.31. The fourth-order valence-electron chi connectivity index (χ4n) is 3.28. The lowest BCUT2D eigenvalue weighted by molar-refractivity contribution is 0.102. The van der Waals surface area contributed by atoms with Gasteiger partial charge in [0.25, 0.3) is 5.91 Å². The smallest absolute Gasteiger partial charge is 0.267 e. The van der Waals surface area contributed by atoms with E-state index in [0.717, 1.165) is 41.5 Å². The number of hydrogen-bond donors (Lipinski definition) is 2. The van der Waals surface area contributed by atoms with Crippen molar-refractivity contribution >= 4 is 43.9 Å². The van der Waals surface area contributed by atoms with Crippen LogP contribution in [0.3, 0.4) is 0 Å². The van der Waals surface area contributed by atoms with Crippen LogP contribution >= 0.6 is 11.3 Å². The van der Waals surface area contributed by atoms with Gasteiger partial charge in [0.1, 0.15) is 9.77 Å². The van der Waals surface area contributed by atoms with Crippen LogP contribution in [-0.2, 0) is 10.0 Å². The number of hydrogen-bond acceptors (Lipinski definition) is 4. The van der Waals surface area contributed by atoms with Crippen LogP contribution in [0, 0.1) is 0 Å². The molecule has 136 valence electrons. The number of rotatable bonds is 4. The van der Waals surface area contributed by atoms with Crippen molar-refractivity contribution < 1.29 is 13.2 Å². The fourth-order valence-corrected chi connectivity index (χ4v) is 6.10. The first-order chi connectivity index (χ1) is 12.6. The normalized spacial score (nSPS) is 16.0. The van der Waals surface area contributed by atoms with Gasteiger partial charge < -0.3 is 10.3 Å². The van der Waals surface area contributed by atoms with Crippen LogP contribution in [0.25, 0.3) is 10.9 Å². The van der Waals surface area contributed by atoms with E-state index in [2.05, 4.69) is 10.3 Å². The fraction of sp³-hybridized carbons (Fsp3) is 0.278. The Labute approximate surface area is 155 Å². The molecule has 0 unspecified atom stereocenters. The highest BCUT2D eigenvalue weighted by atomic mass is 32.2. The Kier molecular flexibility index (Phi) is 4.56. The molecule has 6 nitrogen and oxygen atoms in total. The van der Waals surface area contributed by atoms with Crippen molar-refractivity contribution in [1.29, 1.82) is 0 Å². The third-order valence-electron chi connectivity index (χ3n) is 4.61. The van der Waals surface area contributed by atoms with Crippen LogP contribution in [0.1, 0.15) is 28.9 Å². The molecule has 3 aromatic rings. The lowest BCUT2D eigenvalue weighted by Gasteiger charge is -2.25. The minimum atomic E-state index is -3.64. The quantitative estimate of drug-likeness (QED) is 0.714. The van der Waals surface area contributed by atoms with Gasteiger partial charge in [0.05, 0.1) is 5.69 Å².